The number of aromatic nitrogens is 1. The van der Waals surface area contributed by atoms with Gasteiger partial charge in [-0.25, -0.2) is 13.4 Å². The standard InChI is InChI=1S/C7H11ClN2O4S2/c8-7-9-5-6(15-7)16(13,14)10(1-3-11)2-4-12/h5,11-12H,1-4H2. The van der Waals surface area contributed by atoms with E-state index >= 15 is 0 Å². The molecule has 1 aromatic rings. The number of thiazole rings is 1. The molecule has 1 rings (SSSR count). The SMILES string of the molecule is O=S(=O)(c1cnc(Cl)s1)N(CCO)CCO. The fourth-order valence-corrected chi connectivity index (χ4v) is 3.93. The molecule has 0 bridgehead atoms. The third kappa shape index (κ3) is 3.12. The predicted molar refractivity (Wildman–Crippen MR) is 60.1 cm³/mol. The second-order valence-corrected chi connectivity index (χ2v) is 6.56. The molecule has 9 heteroatoms. The molecule has 0 spiro atoms. The lowest BCUT2D eigenvalue weighted by Gasteiger charge is -2.18. The Morgan fingerprint density at radius 1 is 1.38 bits per heavy atom. The first-order chi connectivity index (χ1) is 7.52. The van der Waals surface area contributed by atoms with E-state index in [-0.39, 0.29) is 35.0 Å². The van der Waals surface area contributed by atoms with Gasteiger partial charge in [-0.15, -0.1) is 0 Å². The topological polar surface area (TPSA) is 90.7 Å². The molecule has 0 amide bonds. The summed E-state index contributed by atoms with van der Waals surface area (Å²) in [6.07, 6.45) is 1.16. The number of hydrogen-bond acceptors (Lipinski definition) is 6. The summed E-state index contributed by atoms with van der Waals surface area (Å²) in [6.45, 7) is -0.769. The highest BCUT2D eigenvalue weighted by atomic mass is 35.5. The Labute approximate surface area is 102 Å². The zero-order valence-corrected chi connectivity index (χ0v) is 10.6. The van der Waals surface area contributed by atoms with Crippen LogP contribution >= 0.6 is 22.9 Å². The number of rotatable bonds is 6. The third-order valence-electron chi connectivity index (χ3n) is 1.75. The number of sulfonamides is 1. The number of hydrogen-bond donors (Lipinski definition) is 2. The monoisotopic (exact) mass is 286 g/mol. The zero-order valence-electron chi connectivity index (χ0n) is 8.21. The molecule has 0 unspecified atom stereocenters. The van der Waals surface area contributed by atoms with Crippen molar-refractivity contribution in [2.45, 2.75) is 4.21 Å². The molecule has 92 valence electrons. The lowest BCUT2D eigenvalue weighted by molar-refractivity contribution is 0.217. The average Bonchev–Trinajstić information content (AvgIpc) is 2.65. The normalized spacial score (nSPS) is 12.2. The first-order valence-electron chi connectivity index (χ1n) is 4.35. The van der Waals surface area contributed by atoms with Crippen molar-refractivity contribution in [3.05, 3.63) is 10.7 Å². The molecule has 0 fully saturated rings. The fraction of sp³-hybridized carbons (Fsp3) is 0.571. The Morgan fingerprint density at radius 3 is 2.31 bits per heavy atom. The molecule has 0 aromatic carbocycles. The van der Waals surface area contributed by atoms with Gasteiger partial charge in [-0.3, -0.25) is 0 Å². The first-order valence-corrected chi connectivity index (χ1v) is 6.99. The van der Waals surface area contributed by atoms with E-state index < -0.39 is 10.0 Å². The third-order valence-corrected chi connectivity index (χ3v) is 5.20. The van der Waals surface area contributed by atoms with E-state index in [1.54, 1.807) is 0 Å². The van der Waals surface area contributed by atoms with Gasteiger partial charge in [-0.2, -0.15) is 4.31 Å². The maximum absolute atomic E-state index is 11.9. The van der Waals surface area contributed by atoms with Gasteiger partial charge in [-0.05, 0) is 0 Å². The van der Waals surface area contributed by atoms with Crippen LogP contribution < -0.4 is 0 Å². The van der Waals surface area contributed by atoms with Gasteiger partial charge < -0.3 is 10.2 Å². The van der Waals surface area contributed by atoms with E-state index in [0.717, 1.165) is 21.8 Å². The van der Waals surface area contributed by atoms with E-state index in [4.69, 9.17) is 21.8 Å². The molecule has 0 radical (unpaired) electrons. The molecule has 1 heterocycles. The fourth-order valence-electron chi connectivity index (χ4n) is 1.06. The molecule has 1 aromatic heterocycles. The van der Waals surface area contributed by atoms with Crippen molar-refractivity contribution in [3.8, 4) is 0 Å². The van der Waals surface area contributed by atoms with E-state index in [1.165, 1.54) is 0 Å². The van der Waals surface area contributed by atoms with Crippen LogP contribution in [0.15, 0.2) is 10.4 Å². The van der Waals surface area contributed by atoms with Gasteiger partial charge in [0.05, 0.1) is 19.4 Å². The molecule has 0 saturated heterocycles. The molecule has 0 atom stereocenters. The maximum atomic E-state index is 11.9. The summed E-state index contributed by atoms with van der Waals surface area (Å²) >= 11 is 6.39. The summed E-state index contributed by atoms with van der Waals surface area (Å²) in [6, 6.07) is 0. The quantitative estimate of drug-likeness (QED) is 0.754. The molecule has 2 N–H and O–H groups in total. The lowest BCUT2D eigenvalue weighted by Crippen LogP contribution is -2.35. The van der Waals surface area contributed by atoms with E-state index in [2.05, 4.69) is 4.98 Å². The van der Waals surface area contributed by atoms with Crippen molar-refractivity contribution in [2.24, 2.45) is 0 Å². The highest BCUT2D eigenvalue weighted by molar-refractivity contribution is 7.91. The Bertz CT molecular complexity index is 427. The largest absolute Gasteiger partial charge is 0.395 e. The first kappa shape index (κ1) is 13.8. The van der Waals surface area contributed by atoms with Crippen molar-refractivity contribution in [2.75, 3.05) is 26.3 Å². The number of halogens is 1. The van der Waals surface area contributed by atoms with Gasteiger partial charge in [0.1, 0.15) is 0 Å². The molecule has 6 nitrogen and oxygen atoms in total. The minimum absolute atomic E-state index is 0.000556. The summed E-state index contributed by atoms with van der Waals surface area (Å²) in [7, 11) is -3.72. The number of aliphatic hydroxyl groups is 2. The van der Waals surface area contributed by atoms with Crippen LogP contribution in [0.1, 0.15) is 0 Å². The van der Waals surface area contributed by atoms with Gasteiger partial charge >= 0.3 is 0 Å². The second kappa shape index (κ2) is 5.89. The number of nitrogens with zero attached hydrogens (tertiary/aromatic N) is 2. The molecule has 0 aliphatic carbocycles. The van der Waals surface area contributed by atoms with Crippen LogP contribution in [0.4, 0.5) is 0 Å². The highest BCUT2D eigenvalue weighted by Gasteiger charge is 2.25. The van der Waals surface area contributed by atoms with Crippen LogP contribution in [0.2, 0.25) is 4.47 Å². The molecular weight excluding hydrogens is 276 g/mol. The summed E-state index contributed by atoms with van der Waals surface area (Å²) < 4.78 is 25.0. The van der Waals surface area contributed by atoms with Crippen molar-refractivity contribution < 1.29 is 18.6 Å². The van der Waals surface area contributed by atoms with Crippen LogP contribution in [0.5, 0.6) is 0 Å². The number of aliphatic hydroxyl groups excluding tert-OH is 2. The maximum Gasteiger partial charge on any atom is 0.254 e. The van der Waals surface area contributed by atoms with Crippen LogP contribution in [0.25, 0.3) is 0 Å². The average molecular weight is 287 g/mol. The van der Waals surface area contributed by atoms with Crippen LogP contribution in [0, 0.1) is 0 Å². The predicted octanol–water partition coefficient (Wildman–Crippen LogP) is -0.228. The summed E-state index contributed by atoms with van der Waals surface area (Å²) in [5.41, 5.74) is 0. The Hall–Kier alpha value is -0.250. The minimum Gasteiger partial charge on any atom is -0.395 e. The minimum atomic E-state index is -3.72. The lowest BCUT2D eigenvalue weighted by atomic mass is 10.6. The molecule has 0 aliphatic rings. The Morgan fingerprint density at radius 2 is 1.94 bits per heavy atom. The second-order valence-electron chi connectivity index (χ2n) is 2.78. The van der Waals surface area contributed by atoms with E-state index in [0.29, 0.717) is 0 Å². The van der Waals surface area contributed by atoms with Gasteiger partial charge in [-0.1, -0.05) is 22.9 Å². The summed E-state index contributed by atoms with van der Waals surface area (Å²) in [5, 5.41) is 17.5. The smallest absolute Gasteiger partial charge is 0.254 e. The van der Waals surface area contributed by atoms with Crippen LogP contribution in [-0.2, 0) is 10.0 Å². The van der Waals surface area contributed by atoms with Crippen LogP contribution in [0.3, 0.4) is 0 Å². The van der Waals surface area contributed by atoms with E-state index in [1.807, 2.05) is 0 Å². The van der Waals surface area contributed by atoms with Gasteiger partial charge in [0.25, 0.3) is 10.0 Å². The van der Waals surface area contributed by atoms with E-state index in [9.17, 15) is 8.42 Å². The van der Waals surface area contributed by atoms with Crippen LogP contribution in [-0.4, -0.2) is 54.2 Å². The molecule has 0 saturated carbocycles. The highest BCUT2D eigenvalue weighted by Crippen LogP contribution is 2.25. The van der Waals surface area contributed by atoms with Gasteiger partial charge in [0.15, 0.2) is 8.68 Å². The van der Waals surface area contributed by atoms with Crippen molar-refractivity contribution in [1.29, 1.82) is 0 Å². The van der Waals surface area contributed by atoms with Gasteiger partial charge in [0, 0.05) is 13.1 Å². The Balaban J connectivity index is 2.97. The van der Waals surface area contributed by atoms with Gasteiger partial charge in [0.2, 0.25) is 0 Å². The van der Waals surface area contributed by atoms with Crippen molar-refractivity contribution in [1.82, 2.24) is 9.29 Å². The Kier molecular flexibility index (Phi) is 5.09. The molecule has 0 aliphatic heterocycles. The molecule has 16 heavy (non-hydrogen) atoms. The van der Waals surface area contributed by atoms with Crippen molar-refractivity contribution in [3.63, 3.8) is 0 Å². The summed E-state index contributed by atoms with van der Waals surface area (Å²) in [4.78, 5) is 3.64. The summed E-state index contributed by atoms with van der Waals surface area (Å²) in [5.74, 6) is 0. The molecular formula is C7H11ClN2O4S2. The zero-order chi connectivity index (χ0) is 12.2. The van der Waals surface area contributed by atoms with Crippen molar-refractivity contribution >= 4 is 33.0 Å².